The normalized spacial score (nSPS) is 22.2. The quantitative estimate of drug-likeness (QED) is 0.576. The van der Waals surface area contributed by atoms with E-state index >= 15 is 0 Å². The summed E-state index contributed by atoms with van der Waals surface area (Å²) < 4.78 is 0. The van der Waals surface area contributed by atoms with Gasteiger partial charge in [0.05, 0.1) is 5.92 Å². The van der Waals surface area contributed by atoms with Crippen LogP contribution in [-0.2, 0) is 4.79 Å². The lowest BCUT2D eigenvalue weighted by molar-refractivity contribution is -0.142. The molecule has 0 unspecified atom stereocenters. The van der Waals surface area contributed by atoms with Gasteiger partial charge in [-0.2, -0.15) is 0 Å². The van der Waals surface area contributed by atoms with Gasteiger partial charge in [-0.15, -0.1) is 0 Å². The largest absolute Gasteiger partial charge is 0.481 e. The molecule has 0 bridgehead atoms. The van der Waals surface area contributed by atoms with Gasteiger partial charge in [0.25, 0.3) is 5.56 Å². The first-order valence-corrected chi connectivity index (χ1v) is 6.16. The van der Waals surface area contributed by atoms with Crippen molar-refractivity contribution in [3.8, 4) is 0 Å². The third-order valence-corrected chi connectivity index (χ3v) is 3.51. The first-order chi connectivity index (χ1) is 9.56. The zero-order valence-electron chi connectivity index (χ0n) is 10.3. The standard InChI is InChI=1S/C12H12N4O4/c17-10-7-9(15-12(20)16-10)14-8(13-7)5-3-1-2-4-6(5)11(18)19/h1-2,5-6H,3-4H2,(H,18,19)(H3,13,14,15,16,17,20)/t5-,6+/m1/s1. The molecule has 2 atom stereocenters. The van der Waals surface area contributed by atoms with Crippen LogP contribution in [0.2, 0.25) is 0 Å². The molecule has 0 spiro atoms. The molecule has 2 aromatic heterocycles. The predicted octanol–water partition coefficient (Wildman–Crippen LogP) is 0.0739. The average Bonchev–Trinajstić information content (AvgIpc) is 2.82. The molecule has 8 nitrogen and oxygen atoms in total. The molecule has 0 saturated heterocycles. The predicted molar refractivity (Wildman–Crippen MR) is 69.6 cm³/mol. The Bertz CT molecular complexity index is 813. The SMILES string of the molecule is O=C(O)[C@H]1CC=CC[C@H]1c1nc2[nH]c(=O)[nH]c(=O)c2[nH]1. The van der Waals surface area contributed by atoms with E-state index < -0.39 is 23.1 Å². The summed E-state index contributed by atoms with van der Waals surface area (Å²) in [6, 6.07) is 0. The highest BCUT2D eigenvalue weighted by molar-refractivity contribution is 5.73. The third-order valence-electron chi connectivity index (χ3n) is 3.51. The highest BCUT2D eigenvalue weighted by Crippen LogP contribution is 2.33. The summed E-state index contributed by atoms with van der Waals surface area (Å²) in [4.78, 5) is 45.6. The Hall–Kier alpha value is -2.64. The van der Waals surface area contributed by atoms with E-state index in [9.17, 15) is 19.5 Å². The Morgan fingerprint density at radius 2 is 1.95 bits per heavy atom. The fourth-order valence-corrected chi connectivity index (χ4v) is 2.52. The van der Waals surface area contributed by atoms with Crippen molar-refractivity contribution >= 4 is 17.1 Å². The van der Waals surface area contributed by atoms with Gasteiger partial charge >= 0.3 is 11.7 Å². The monoisotopic (exact) mass is 276 g/mol. The maximum absolute atomic E-state index is 11.6. The van der Waals surface area contributed by atoms with Gasteiger partial charge in [0, 0.05) is 5.92 Å². The molecular weight excluding hydrogens is 264 g/mol. The topological polar surface area (TPSA) is 132 Å². The number of aliphatic carboxylic acids is 1. The molecule has 1 aliphatic rings. The molecule has 0 radical (unpaired) electrons. The number of hydrogen-bond donors (Lipinski definition) is 4. The number of aromatic amines is 3. The Labute approximate surface area is 111 Å². The van der Waals surface area contributed by atoms with Crippen LogP contribution in [0.5, 0.6) is 0 Å². The number of carbonyl (C=O) groups is 1. The number of nitrogens with one attached hydrogen (secondary N) is 3. The Kier molecular flexibility index (Phi) is 2.78. The molecule has 0 aliphatic heterocycles. The van der Waals surface area contributed by atoms with Crippen LogP contribution in [0.15, 0.2) is 21.7 Å². The second-order valence-corrected chi connectivity index (χ2v) is 4.75. The molecule has 104 valence electrons. The van der Waals surface area contributed by atoms with E-state index in [4.69, 9.17) is 0 Å². The number of imidazole rings is 1. The highest BCUT2D eigenvalue weighted by Gasteiger charge is 2.32. The number of hydrogen-bond acceptors (Lipinski definition) is 4. The summed E-state index contributed by atoms with van der Waals surface area (Å²) >= 11 is 0. The average molecular weight is 276 g/mol. The van der Waals surface area contributed by atoms with Gasteiger partial charge < -0.3 is 10.1 Å². The molecule has 1 aliphatic carbocycles. The summed E-state index contributed by atoms with van der Waals surface area (Å²) in [7, 11) is 0. The molecule has 0 amide bonds. The van der Waals surface area contributed by atoms with E-state index in [1.165, 1.54) is 0 Å². The van der Waals surface area contributed by atoms with Crippen molar-refractivity contribution in [2.24, 2.45) is 5.92 Å². The second-order valence-electron chi connectivity index (χ2n) is 4.75. The van der Waals surface area contributed by atoms with Crippen LogP contribution in [0.3, 0.4) is 0 Å². The van der Waals surface area contributed by atoms with Gasteiger partial charge in [-0.3, -0.25) is 19.6 Å². The van der Waals surface area contributed by atoms with Crippen LogP contribution in [0.4, 0.5) is 0 Å². The minimum absolute atomic E-state index is 0.146. The van der Waals surface area contributed by atoms with Crippen LogP contribution in [-0.4, -0.2) is 31.0 Å². The summed E-state index contributed by atoms with van der Waals surface area (Å²) in [5.74, 6) is -1.43. The first kappa shape index (κ1) is 12.4. The lowest BCUT2D eigenvalue weighted by atomic mass is 9.82. The van der Waals surface area contributed by atoms with Crippen molar-refractivity contribution in [2.45, 2.75) is 18.8 Å². The zero-order chi connectivity index (χ0) is 14.3. The van der Waals surface area contributed by atoms with E-state index in [2.05, 4.69) is 19.9 Å². The van der Waals surface area contributed by atoms with Gasteiger partial charge in [0.2, 0.25) is 0 Å². The summed E-state index contributed by atoms with van der Waals surface area (Å²) in [5, 5.41) is 9.24. The molecule has 0 saturated carbocycles. The molecular formula is C12H12N4O4. The van der Waals surface area contributed by atoms with Gasteiger partial charge in [-0.25, -0.2) is 9.78 Å². The van der Waals surface area contributed by atoms with Crippen molar-refractivity contribution in [3.63, 3.8) is 0 Å². The molecule has 8 heteroatoms. The minimum Gasteiger partial charge on any atom is -0.481 e. The minimum atomic E-state index is -0.901. The number of carboxylic acid groups (broad SMARTS) is 1. The molecule has 2 aromatic rings. The number of rotatable bonds is 2. The van der Waals surface area contributed by atoms with Crippen LogP contribution < -0.4 is 11.2 Å². The maximum atomic E-state index is 11.6. The molecule has 0 aromatic carbocycles. The number of H-pyrrole nitrogens is 3. The zero-order valence-corrected chi connectivity index (χ0v) is 10.3. The highest BCUT2D eigenvalue weighted by atomic mass is 16.4. The molecule has 0 fully saturated rings. The maximum Gasteiger partial charge on any atom is 0.327 e. The lowest BCUT2D eigenvalue weighted by Crippen LogP contribution is -2.24. The summed E-state index contributed by atoms with van der Waals surface area (Å²) in [5.41, 5.74) is -0.912. The van der Waals surface area contributed by atoms with E-state index in [1.54, 1.807) is 0 Å². The van der Waals surface area contributed by atoms with E-state index in [0.29, 0.717) is 18.7 Å². The van der Waals surface area contributed by atoms with E-state index in [1.807, 2.05) is 12.2 Å². The third kappa shape index (κ3) is 1.94. The smallest absolute Gasteiger partial charge is 0.327 e. The van der Waals surface area contributed by atoms with Crippen molar-refractivity contribution in [1.82, 2.24) is 19.9 Å². The summed E-state index contributed by atoms with van der Waals surface area (Å²) in [6.45, 7) is 0. The molecule has 3 rings (SSSR count). The Morgan fingerprint density at radius 3 is 2.70 bits per heavy atom. The van der Waals surface area contributed by atoms with Gasteiger partial charge in [-0.05, 0) is 12.8 Å². The first-order valence-electron chi connectivity index (χ1n) is 6.16. The van der Waals surface area contributed by atoms with Crippen LogP contribution >= 0.6 is 0 Å². The van der Waals surface area contributed by atoms with Crippen LogP contribution in [0, 0.1) is 5.92 Å². The number of carboxylic acids is 1. The number of allylic oxidation sites excluding steroid dienone is 2. The number of nitrogens with zero attached hydrogens (tertiary/aromatic N) is 1. The van der Waals surface area contributed by atoms with Gasteiger partial charge in [0.1, 0.15) is 11.3 Å². The molecule has 2 heterocycles. The summed E-state index contributed by atoms with van der Waals surface area (Å²) in [6.07, 6.45) is 4.67. The second kappa shape index (κ2) is 4.48. The van der Waals surface area contributed by atoms with Gasteiger partial charge in [-0.1, -0.05) is 12.2 Å². The fourth-order valence-electron chi connectivity index (χ4n) is 2.52. The Balaban J connectivity index is 2.12. The van der Waals surface area contributed by atoms with Crippen molar-refractivity contribution < 1.29 is 9.90 Å². The number of fused-ring (bicyclic) bond motifs is 1. The van der Waals surface area contributed by atoms with E-state index in [-0.39, 0.29) is 17.1 Å². The van der Waals surface area contributed by atoms with Crippen molar-refractivity contribution in [3.05, 3.63) is 38.8 Å². The molecule has 4 N–H and O–H groups in total. The number of aromatic nitrogens is 4. The molecule has 20 heavy (non-hydrogen) atoms. The Morgan fingerprint density at radius 1 is 1.20 bits per heavy atom. The van der Waals surface area contributed by atoms with Crippen LogP contribution in [0.1, 0.15) is 24.6 Å². The van der Waals surface area contributed by atoms with Crippen molar-refractivity contribution in [1.29, 1.82) is 0 Å². The van der Waals surface area contributed by atoms with Crippen LogP contribution in [0.25, 0.3) is 11.2 Å². The lowest BCUT2D eigenvalue weighted by Gasteiger charge is -2.22. The van der Waals surface area contributed by atoms with E-state index in [0.717, 1.165) is 0 Å². The fraction of sp³-hybridized carbons (Fsp3) is 0.333. The van der Waals surface area contributed by atoms with Crippen molar-refractivity contribution in [2.75, 3.05) is 0 Å². The van der Waals surface area contributed by atoms with Gasteiger partial charge in [0.15, 0.2) is 5.65 Å².